The molecule has 0 fully saturated rings. The van der Waals surface area contributed by atoms with E-state index in [9.17, 15) is 19.5 Å². The van der Waals surface area contributed by atoms with Crippen LogP contribution in [0, 0.1) is 0 Å². The molecule has 9 rings (SSSR count). The second-order valence-electron chi connectivity index (χ2n) is 18.2. The Morgan fingerprint density at radius 2 is 0.859 bits per heavy atom. The van der Waals surface area contributed by atoms with Gasteiger partial charge in [0.25, 0.3) is 5.91 Å². The summed E-state index contributed by atoms with van der Waals surface area (Å²) in [7, 11) is 0. The van der Waals surface area contributed by atoms with E-state index in [1.807, 2.05) is 152 Å². The summed E-state index contributed by atoms with van der Waals surface area (Å²) in [4.78, 5) is 58.4. The maximum atomic E-state index is 15.7. The lowest BCUT2D eigenvalue weighted by Gasteiger charge is -2.21. The Hall–Kier alpha value is -9.94. The highest BCUT2D eigenvalue weighted by molar-refractivity contribution is 6.19. The molecule has 1 amide bonds. The summed E-state index contributed by atoms with van der Waals surface area (Å²) in [6, 6.07) is 66.9. The van der Waals surface area contributed by atoms with Gasteiger partial charge in [0.15, 0.2) is 0 Å². The van der Waals surface area contributed by atoms with Gasteiger partial charge >= 0.3 is 11.9 Å². The first-order valence-electron chi connectivity index (χ1n) is 25.3. The van der Waals surface area contributed by atoms with Gasteiger partial charge in [-0.15, -0.1) is 0 Å². The van der Waals surface area contributed by atoms with Crippen LogP contribution in [0.15, 0.2) is 231 Å². The fourth-order valence-electron chi connectivity index (χ4n) is 8.39. The van der Waals surface area contributed by atoms with Crippen LogP contribution in [-0.4, -0.2) is 41.4 Å². The number of amides is 1. The lowest BCUT2D eigenvalue weighted by molar-refractivity contribution is 0.0453. The van der Waals surface area contributed by atoms with Crippen LogP contribution in [0.4, 0.5) is 0 Å². The van der Waals surface area contributed by atoms with E-state index < -0.39 is 29.7 Å². The van der Waals surface area contributed by atoms with Gasteiger partial charge in [-0.05, 0) is 100 Å². The third kappa shape index (κ3) is 14.7. The topological polar surface area (TPSA) is 156 Å². The molecule has 9 aromatic carbocycles. The zero-order valence-electron chi connectivity index (χ0n) is 42.5. The van der Waals surface area contributed by atoms with E-state index in [4.69, 9.17) is 28.4 Å². The zero-order chi connectivity index (χ0) is 53.9. The normalized spacial score (nSPS) is 11.1. The van der Waals surface area contributed by atoms with Gasteiger partial charge < -0.3 is 38.8 Å². The second-order valence-corrected chi connectivity index (χ2v) is 18.2. The highest BCUT2D eigenvalue weighted by Crippen LogP contribution is 2.38. The molecule has 0 heterocycles. The van der Waals surface area contributed by atoms with Crippen molar-refractivity contribution >= 4 is 23.6 Å². The van der Waals surface area contributed by atoms with Crippen LogP contribution in [0.5, 0.6) is 28.7 Å². The summed E-state index contributed by atoms with van der Waals surface area (Å²) in [5, 5.41) is 13.1. The second kappa shape index (κ2) is 26.5. The minimum atomic E-state index is -0.815. The van der Waals surface area contributed by atoms with Gasteiger partial charge in [-0.25, -0.2) is 9.59 Å². The van der Waals surface area contributed by atoms with Crippen LogP contribution in [0.1, 0.15) is 80.4 Å². The number of benzene rings is 9. The molecule has 12 nitrogen and oxygen atoms in total. The van der Waals surface area contributed by atoms with Crippen molar-refractivity contribution in [2.45, 2.75) is 45.5 Å². The molecular formula is C66H55NO11. The standard InChI is InChI=1S/C66H55NO11/c68-55-33-29-46(30-34-55)37-54(67-64(70)52-31-35-56(36-32-52)73-40-47-17-6-1-7-18-47)45-78-65(71)53-38-59(75-42-49-21-10-3-11-22-49)62(60(39-53)76-43-50-23-12-4-13-24-50)63(69)61-57(66(72)77-44-51-25-14-5-15-26-51)27-16-28-58(61)74-41-48-19-8-2-9-20-48/h1-36,38-39,54,68H,37,40-45H2,(H,67,70). The quantitative estimate of drug-likeness (QED) is 0.0439. The summed E-state index contributed by atoms with van der Waals surface area (Å²) in [6.07, 6.45) is 0.226. The van der Waals surface area contributed by atoms with E-state index in [2.05, 4.69) is 5.32 Å². The van der Waals surface area contributed by atoms with Crippen LogP contribution in [0.3, 0.4) is 0 Å². The Kier molecular flexibility index (Phi) is 18.0. The number of phenols is 1. The first-order valence-corrected chi connectivity index (χ1v) is 25.3. The Labute approximate surface area is 452 Å². The molecule has 12 heteroatoms. The van der Waals surface area contributed by atoms with Gasteiger partial charge in [0.1, 0.15) is 74.0 Å². The van der Waals surface area contributed by atoms with Crippen molar-refractivity contribution in [3.8, 4) is 28.7 Å². The third-order valence-electron chi connectivity index (χ3n) is 12.5. The molecule has 390 valence electrons. The van der Waals surface area contributed by atoms with Crippen LogP contribution in [0.25, 0.3) is 0 Å². The Bertz CT molecular complexity index is 3350. The number of hydrogen-bond acceptors (Lipinski definition) is 11. The number of phenolic OH excluding ortho intramolecular Hbond substituents is 1. The van der Waals surface area contributed by atoms with Gasteiger partial charge in [-0.1, -0.05) is 170 Å². The van der Waals surface area contributed by atoms with Gasteiger partial charge in [0, 0.05) is 5.56 Å². The van der Waals surface area contributed by atoms with E-state index >= 15 is 4.79 Å². The molecule has 0 saturated heterocycles. The number of rotatable bonds is 24. The van der Waals surface area contributed by atoms with E-state index in [-0.39, 0.29) is 84.7 Å². The Morgan fingerprint density at radius 3 is 1.36 bits per heavy atom. The average molecular weight is 1040 g/mol. The highest BCUT2D eigenvalue weighted by Gasteiger charge is 2.31. The molecule has 0 spiro atoms. The fourth-order valence-corrected chi connectivity index (χ4v) is 8.39. The summed E-state index contributed by atoms with van der Waals surface area (Å²) >= 11 is 0. The van der Waals surface area contributed by atoms with Crippen molar-refractivity contribution in [3.63, 3.8) is 0 Å². The molecule has 0 radical (unpaired) electrons. The van der Waals surface area contributed by atoms with Crippen LogP contribution in [-0.2, 0) is 48.9 Å². The molecule has 1 unspecified atom stereocenters. The molecule has 78 heavy (non-hydrogen) atoms. The van der Waals surface area contributed by atoms with Crippen molar-refractivity contribution in [1.29, 1.82) is 0 Å². The minimum absolute atomic E-state index is 0.0310. The smallest absolute Gasteiger partial charge is 0.339 e. The molecule has 0 bridgehead atoms. The van der Waals surface area contributed by atoms with Gasteiger partial charge in [0.05, 0.1) is 22.7 Å². The number of nitrogens with one attached hydrogen (secondary N) is 1. The fraction of sp³-hybridized carbons (Fsp3) is 0.121. The monoisotopic (exact) mass is 1040 g/mol. The van der Waals surface area contributed by atoms with Gasteiger partial charge in [-0.2, -0.15) is 0 Å². The summed E-state index contributed by atoms with van der Waals surface area (Å²) in [5.74, 6) is -2.06. The van der Waals surface area contributed by atoms with Gasteiger partial charge in [0.2, 0.25) is 5.78 Å². The summed E-state index contributed by atoms with van der Waals surface area (Å²) in [5.41, 5.74) is 4.88. The number of ketones is 1. The van der Waals surface area contributed by atoms with Crippen LogP contribution in [0.2, 0.25) is 0 Å². The molecule has 0 aromatic heterocycles. The molecular weight excluding hydrogens is 983 g/mol. The van der Waals surface area contributed by atoms with Crippen LogP contribution < -0.4 is 24.3 Å². The van der Waals surface area contributed by atoms with Crippen molar-refractivity contribution in [2.75, 3.05) is 6.61 Å². The SMILES string of the molecule is O=C(NC(COC(=O)c1cc(OCc2ccccc2)c(C(=O)c2c(OCc3ccccc3)cccc2C(=O)OCc2ccccc2)c(OCc2ccccc2)c1)Cc1ccc(O)cc1)c1ccc(OCc2ccccc2)cc1. The van der Waals surface area contributed by atoms with Crippen molar-refractivity contribution in [1.82, 2.24) is 5.32 Å². The third-order valence-corrected chi connectivity index (χ3v) is 12.5. The highest BCUT2D eigenvalue weighted by atomic mass is 16.5. The molecule has 2 N–H and O–H groups in total. The Morgan fingerprint density at radius 1 is 0.397 bits per heavy atom. The molecule has 0 aliphatic carbocycles. The Balaban J connectivity index is 1.05. The maximum absolute atomic E-state index is 15.7. The van der Waals surface area contributed by atoms with E-state index in [0.717, 1.165) is 33.4 Å². The van der Waals surface area contributed by atoms with Crippen molar-refractivity contribution < 1.29 is 52.7 Å². The maximum Gasteiger partial charge on any atom is 0.339 e. The number of esters is 2. The number of carbonyl (C=O) groups excluding carboxylic acids is 4. The van der Waals surface area contributed by atoms with E-state index in [1.165, 1.54) is 30.3 Å². The number of aromatic hydroxyl groups is 1. The lowest BCUT2D eigenvalue weighted by atomic mass is 9.94. The first kappa shape index (κ1) is 52.9. The summed E-state index contributed by atoms with van der Waals surface area (Å²) < 4.78 is 37.3. The molecule has 1 atom stereocenters. The molecule has 9 aromatic rings. The molecule has 0 aliphatic rings. The van der Waals surface area contributed by atoms with Gasteiger partial charge in [-0.3, -0.25) is 9.59 Å². The van der Waals surface area contributed by atoms with Crippen molar-refractivity contribution in [3.05, 3.63) is 292 Å². The number of hydrogen-bond donors (Lipinski definition) is 2. The zero-order valence-corrected chi connectivity index (χ0v) is 42.5. The summed E-state index contributed by atoms with van der Waals surface area (Å²) in [6.45, 7) is 0.0120. The average Bonchev–Trinajstić information content (AvgIpc) is 3.54. The van der Waals surface area contributed by atoms with E-state index in [1.54, 1.807) is 48.5 Å². The van der Waals surface area contributed by atoms with E-state index in [0.29, 0.717) is 17.9 Å². The van der Waals surface area contributed by atoms with Crippen molar-refractivity contribution in [2.24, 2.45) is 0 Å². The predicted molar refractivity (Wildman–Crippen MR) is 295 cm³/mol. The number of carbonyl (C=O) groups is 4. The largest absolute Gasteiger partial charge is 0.508 e. The van der Waals surface area contributed by atoms with Crippen LogP contribution >= 0.6 is 0 Å². The first-order chi connectivity index (χ1) is 38.2. The molecule has 0 aliphatic heterocycles. The number of ether oxygens (including phenoxy) is 6. The molecule has 0 saturated carbocycles. The minimum Gasteiger partial charge on any atom is -0.508 e. The predicted octanol–water partition coefficient (Wildman–Crippen LogP) is 12.5. The lowest BCUT2D eigenvalue weighted by Crippen LogP contribution is -2.40.